The highest BCUT2D eigenvalue weighted by Gasteiger charge is 2.12. The van der Waals surface area contributed by atoms with Crippen molar-refractivity contribution in [1.29, 1.82) is 0 Å². The van der Waals surface area contributed by atoms with E-state index in [0.29, 0.717) is 0 Å². The number of benzene rings is 2. The van der Waals surface area contributed by atoms with Gasteiger partial charge in [0.05, 0.1) is 11.9 Å². The van der Waals surface area contributed by atoms with Crippen LogP contribution in [0.1, 0.15) is 22.9 Å². The Bertz CT molecular complexity index is 837. The molecule has 0 aliphatic heterocycles. The summed E-state index contributed by atoms with van der Waals surface area (Å²) in [6.07, 6.45) is 2.91. The summed E-state index contributed by atoms with van der Waals surface area (Å²) >= 11 is 1.66. The van der Waals surface area contributed by atoms with Crippen LogP contribution in [0.3, 0.4) is 0 Å². The smallest absolute Gasteiger partial charge is 0.206 e. The summed E-state index contributed by atoms with van der Waals surface area (Å²) in [6, 6.07) is 18.6. The largest absolute Gasteiger partial charge is 0.242 e. The van der Waals surface area contributed by atoms with Gasteiger partial charge in [0.2, 0.25) is 5.13 Å². The van der Waals surface area contributed by atoms with Crippen LogP contribution in [0.4, 0.5) is 5.13 Å². The minimum atomic E-state index is 0.900. The number of aryl methyl sites for hydroxylation is 2. The van der Waals surface area contributed by atoms with Crippen LogP contribution in [-0.4, -0.2) is 18.2 Å². The first-order valence-corrected chi connectivity index (χ1v) is 8.89. The molecule has 2 aromatic carbocycles. The minimum absolute atomic E-state index is 0.900. The van der Waals surface area contributed by atoms with Crippen molar-refractivity contribution < 1.29 is 0 Å². The number of anilines is 1. The topological polar surface area (TPSA) is 28.5 Å². The van der Waals surface area contributed by atoms with Crippen molar-refractivity contribution in [2.45, 2.75) is 20.3 Å². The lowest BCUT2D eigenvalue weighted by molar-refractivity contribution is 1.01. The third-order valence-electron chi connectivity index (χ3n) is 3.92. The molecular weight excluding hydrogens is 314 g/mol. The van der Waals surface area contributed by atoms with E-state index in [9.17, 15) is 0 Å². The van der Waals surface area contributed by atoms with Crippen LogP contribution in [0, 0.1) is 6.92 Å². The lowest BCUT2D eigenvalue weighted by Gasteiger charge is -2.09. The zero-order valence-corrected chi connectivity index (χ0v) is 15.0. The fourth-order valence-corrected chi connectivity index (χ4v) is 3.42. The number of hydrogen-bond acceptors (Lipinski definition) is 4. The maximum Gasteiger partial charge on any atom is 0.206 e. The van der Waals surface area contributed by atoms with Gasteiger partial charge < -0.3 is 0 Å². The van der Waals surface area contributed by atoms with E-state index in [2.05, 4.69) is 49.3 Å². The first-order chi connectivity index (χ1) is 11.7. The van der Waals surface area contributed by atoms with Crippen LogP contribution in [0.15, 0.2) is 59.7 Å². The monoisotopic (exact) mass is 335 g/mol. The lowest BCUT2D eigenvalue weighted by atomic mass is 10.1. The Labute approximate surface area is 147 Å². The molecule has 4 heteroatoms. The summed E-state index contributed by atoms with van der Waals surface area (Å²) in [5, 5.41) is 7.32. The number of aromatic nitrogens is 1. The van der Waals surface area contributed by atoms with E-state index in [0.717, 1.165) is 28.4 Å². The molecule has 0 saturated carbocycles. The Balaban J connectivity index is 1.83. The third-order valence-corrected chi connectivity index (χ3v) is 4.95. The molecule has 1 heterocycles. The van der Waals surface area contributed by atoms with Crippen LogP contribution < -0.4 is 5.01 Å². The Morgan fingerprint density at radius 1 is 1.08 bits per heavy atom. The maximum atomic E-state index is 4.77. The molecule has 24 heavy (non-hydrogen) atoms. The summed E-state index contributed by atoms with van der Waals surface area (Å²) in [5.41, 5.74) is 4.64. The Morgan fingerprint density at radius 3 is 2.54 bits per heavy atom. The van der Waals surface area contributed by atoms with Crippen LogP contribution in [0.5, 0.6) is 0 Å². The van der Waals surface area contributed by atoms with Gasteiger partial charge in [-0.05, 0) is 24.5 Å². The van der Waals surface area contributed by atoms with Gasteiger partial charge in [-0.3, -0.25) is 0 Å². The van der Waals surface area contributed by atoms with Crippen LogP contribution in [-0.2, 0) is 6.42 Å². The van der Waals surface area contributed by atoms with Gasteiger partial charge in [-0.25, -0.2) is 9.99 Å². The highest BCUT2D eigenvalue weighted by molar-refractivity contribution is 7.16. The second-order valence-corrected chi connectivity index (χ2v) is 6.77. The first kappa shape index (κ1) is 16.4. The van der Waals surface area contributed by atoms with Crippen molar-refractivity contribution in [1.82, 2.24) is 4.98 Å². The standard InChI is InChI=1S/C20H21N3S/c1-4-16-10-8-9-13-18(16)14-21-23(3)20-22-19(15(2)24-20)17-11-6-5-7-12-17/h5-14H,4H2,1-3H3/b21-14+. The molecule has 0 fully saturated rings. The molecule has 0 atom stereocenters. The summed E-state index contributed by atoms with van der Waals surface area (Å²) in [7, 11) is 1.94. The van der Waals surface area contributed by atoms with E-state index in [1.807, 2.05) is 42.5 Å². The molecule has 0 amide bonds. The van der Waals surface area contributed by atoms with Gasteiger partial charge in [0.15, 0.2) is 0 Å². The predicted molar refractivity (Wildman–Crippen MR) is 104 cm³/mol. The van der Waals surface area contributed by atoms with Gasteiger partial charge in [-0.15, -0.1) is 0 Å². The minimum Gasteiger partial charge on any atom is -0.242 e. The average Bonchev–Trinajstić information content (AvgIpc) is 3.02. The van der Waals surface area contributed by atoms with Gasteiger partial charge in [0, 0.05) is 17.5 Å². The number of nitrogens with zero attached hydrogens (tertiary/aromatic N) is 3. The van der Waals surface area contributed by atoms with Gasteiger partial charge in [0.25, 0.3) is 0 Å². The quantitative estimate of drug-likeness (QED) is 0.476. The van der Waals surface area contributed by atoms with E-state index in [1.165, 1.54) is 10.4 Å². The highest BCUT2D eigenvalue weighted by Crippen LogP contribution is 2.31. The predicted octanol–water partition coefficient (Wildman–Crippen LogP) is 5.15. The van der Waals surface area contributed by atoms with Crippen LogP contribution in [0.25, 0.3) is 11.3 Å². The molecule has 3 aromatic rings. The van der Waals surface area contributed by atoms with Crippen molar-refractivity contribution >= 4 is 22.7 Å². The molecule has 0 spiro atoms. The molecule has 0 saturated heterocycles. The van der Waals surface area contributed by atoms with Gasteiger partial charge in [-0.1, -0.05) is 72.9 Å². The Kier molecular flexibility index (Phi) is 5.06. The molecule has 0 radical (unpaired) electrons. The zero-order chi connectivity index (χ0) is 16.9. The molecule has 0 aliphatic carbocycles. The molecule has 0 bridgehead atoms. The summed E-state index contributed by atoms with van der Waals surface area (Å²) in [6.45, 7) is 4.26. The van der Waals surface area contributed by atoms with E-state index < -0.39 is 0 Å². The highest BCUT2D eigenvalue weighted by atomic mass is 32.1. The molecule has 0 N–H and O–H groups in total. The first-order valence-electron chi connectivity index (χ1n) is 8.07. The van der Waals surface area contributed by atoms with Gasteiger partial charge in [-0.2, -0.15) is 5.10 Å². The second-order valence-electron chi connectivity index (χ2n) is 5.59. The van der Waals surface area contributed by atoms with E-state index in [-0.39, 0.29) is 0 Å². The van der Waals surface area contributed by atoms with Crippen molar-refractivity contribution in [2.24, 2.45) is 5.10 Å². The molecule has 3 nitrogen and oxygen atoms in total. The van der Waals surface area contributed by atoms with E-state index in [4.69, 9.17) is 4.98 Å². The van der Waals surface area contributed by atoms with Crippen LogP contribution >= 0.6 is 11.3 Å². The van der Waals surface area contributed by atoms with Crippen LogP contribution in [0.2, 0.25) is 0 Å². The molecule has 0 unspecified atom stereocenters. The SMILES string of the molecule is CCc1ccccc1/C=N/N(C)c1nc(-c2ccccc2)c(C)s1. The van der Waals surface area contributed by atoms with E-state index in [1.54, 1.807) is 11.3 Å². The number of hydrogen-bond donors (Lipinski definition) is 0. The average molecular weight is 335 g/mol. The number of rotatable bonds is 5. The third kappa shape index (κ3) is 3.54. The van der Waals surface area contributed by atoms with Gasteiger partial charge in [0.1, 0.15) is 0 Å². The van der Waals surface area contributed by atoms with E-state index >= 15 is 0 Å². The normalized spacial score (nSPS) is 11.1. The summed E-state index contributed by atoms with van der Waals surface area (Å²) in [5.74, 6) is 0. The fourth-order valence-electron chi connectivity index (χ4n) is 2.57. The fraction of sp³-hybridized carbons (Fsp3) is 0.200. The van der Waals surface area contributed by atoms with Crippen molar-refractivity contribution in [3.05, 3.63) is 70.6 Å². The molecule has 3 rings (SSSR count). The lowest BCUT2D eigenvalue weighted by Crippen LogP contribution is -2.08. The molecule has 0 aliphatic rings. The number of thiazole rings is 1. The van der Waals surface area contributed by atoms with Crippen molar-refractivity contribution in [3.8, 4) is 11.3 Å². The summed E-state index contributed by atoms with van der Waals surface area (Å²) in [4.78, 5) is 5.97. The molecule has 122 valence electrons. The Hall–Kier alpha value is -2.46. The van der Waals surface area contributed by atoms with Gasteiger partial charge >= 0.3 is 0 Å². The number of hydrazone groups is 1. The molecular formula is C20H21N3S. The van der Waals surface area contributed by atoms with Crippen molar-refractivity contribution in [3.63, 3.8) is 0 Å². The molecule has 1 aromatic heterocycles. The summed E-state index contributed by atoms with van der Waals surface area (Å²) < 4.78 is 0. The zero-order valence-electron chi connectivity index (χ0n) is 14.2. The Morgan fingerprint density at radius 2 is 1.79 bits per heavy atom. The van der Waals surface area contributed by atoms with Crippen molar-refractivity contribution in [2.75, 3.05) is 12.1 Å². The second kappa shape index (κ2) is 7.41. The maximum absolute atomic E-state index is 4.77.